The second-order valence-electron chi connectivity index (χ2n) is 6.75. The zero-order chi connectivity index (χ0) is 20.1. The van der Waals surface area contributed by atoms with Crippen molar-refractivity contribution in [3.63, 3.8) is 0 Å². The van der Waals surface area contributed by atoms with E-state index < -0.39 is 0 Å². The number of nitrogens with zero attached hydrogens (tertiary/aromatic N) is 3. The first kappa shape index (κ1) is 19.5. The monoisotopic (exact) mass is 409 g/mol. The highest BCUT2D eigenvalue weighted by atomic mass is 32.1. The fourth-order valence-electron chi connectivity index (χ4n) is 3.38. The van der Waals surface area contributed by atoms with Gasteiger partial charge in [0.15, 0.2) is 5.82 Å². The summed E-state index contributed by atoms with van der Waals surface area (Å²) in [5, 5.41) is 1.93. The first-order chi connectivity index (χ1) is 14.3. The van der Waals surface area contributed by atoms with Gasteiger partial charge in [-0.1, -0.05) is 36.4 Å². The molecule has 6 nitrogen and oxygen atoms in total. The summed E-state index contributed by atoms with van der Waals surface area (Å²) < 4.78 is 11.1. The number of thiophene rings is 1. The lowest BCUT2D eigenvalue weighted by Crippen LogP contribution is -2.32. The van der Waals surface area contributed by atoms with Gasteiger partial charge in [0.05, 0.1) is 17.2 Å². The summed E-state index contributed by atoms with van der Waals surface area (Å²) in [6, 6.07) is 13.7. The third-order valence-corrected chi connectivity index (χ3v) is 5.74. The lowest BCUT2D eigenvalue weighted by Gasteiger charge is -2.19. The molecule has 150 valence electrons. The van der Waals surface area contributed by atoms with Gasteiger partial charge in [0.1, 0.15) is 6.61 Å². The van der Waals surface area contributed by atoms with E-state index in [2.05, 4.69) is 0 Å². The molecule has 0 N–H and O–H groups in total. The number of amides is 1. The molecular weight excluding hydrogens is 386 g/mol. The predicted octanol–water partition coefficient (Wildman–Crippen LogP) is 3.47. The van der Waals surface area contributed by atoms with E-state index in [-0.39, 0.29) is 5.91 Å². The average molecular weight is 410 g/mol. The maximum Gasteiger partial charge on any atom is 0.263 e. The number of hydrogen-bond donors (Lipinski definition) is 0. The first-order valence-corrected chi connectivity index (χ1v) is 10.5. The normalized spacial score (nSPS) is 13.6. The molecule has 0 aliphatic carbocycles. The summed E-state index contributed by atoms with van der Waals surface area (Å²) in [6.07, 6.45) is 1.35. The third kappa shape index (κ3) is 4.46. The van der Waals surface area contributed by atoms with Gasteiger partial charge in [-0.15, -0.1) is 11.3 Å². The van der Waals surface area contributed by atoms with Gasteiger partial charge < -0.3 is 14.4 Å². The number of aromatic nitrogens is 2. The van der Waals surface area contributed by atoms with Crippen molar-refractivity contribution < 1.29 is 14.3 Å². The quantitative estimate of drug-likeness (QED) is 0.584. The van der Waals surface area contributed by atoms with E-state index in [1.807, 2.05) is 52.7 Å². The van der Waals surface area contributed by atoms with Crippen LogP contribution in [0.15, 0.2) is 47.8 Å². The lowest BCUT2D eigenvalue weighted by molar-refractivity contribution is 0.0767. The van der Waals surface area contributed by atoms with Crippen molar-refractivity contribution in [2.24, 2.45) is 0 Å². The van der Waals surface area contributed by atoms with Gasteiger partial charge in [-0.25, -0.2) is 4.98 Å². The standard InChI is InChI=1S/C22H23N3O3S/c1-27-13-14-28-21-17-9-11-25(22(26)19-8-5-15-29-19)12-10-18(17)23-20(24-21)16-6-3-2-4-7-16/h2-8,15H,9-14H2,1H3. The molecule has 0 atom stereocenters. The van der Waals surface area contributed by atoms with Crippen LogP contribution in [-0.2, 0) is 17.6 Å². The van der Waals surface area contributed by atoms with Crippen LogP contribution in [0.3, 0.4) is 0 Å². The fourth-order valence-corrected chi connectivity index (χ4v) is 4.07. The highest BCUT2D eigenvalue weighted by Gasteiger charge is 2.25. The van der Waals surface area contributed by atoms with E-state index in [9.17, 15) is 4.79 Å². The van der Waals surface area contributed by atoms with Gasteiger partial charge in [-0.05, 0) is 17.9 Å². The molecule has 0 spiro atoms. The number of rotatable bonds is 6. The largest absolute Gasteiger partial charge is 0.475 e. The Morgan fingerprint density at radius 3 is 2.66 bits per heavy atom. The molecule has 0 unspecified atom stereocenters. The molecule has 3 heterocycles. The molecule has 2 aromatic heterocycles. The van der Waals surface area contributed by atoms with Crippen molar-refractivity contribution in [3.8, 4) is 17.3 Å². The molecule has 7 heteroatoms. The van der Waals surface area contributed by atoms with Gasteiger partial charge in [0.2, 0.25) is 5.88 Å². The number of hydrogen-bond acceptors (Lipinski definition) is 6. The zero-order valence-corrected chi connectivity index (χ0v) is 17.2. The van der Waals surface area contributed by atoms with Gasteiger partial charge in [0.25, 0.3) is 5.91 Å². The Morgan fingerprint density at radius 1 is 1.07 bits per heavy atom. The summed E-state index contributed by atoms with van der Waals surface area (Å²) in [5.41, 5.74) is 2.89. The zero-order valence-electron chi connectivity index (χ0n) is 16.3. The van der Waals surface area contributed by atoms with Crippen LogP contribution in [0.2, 0.25) is 0 Å². The van der Waals surface area contributed by atoms with E-state index in [1.54, 1.807) is 7.11 Å². The van der Waals surface area contributed by atoms with Gasteiger partial charge in [-0.2, -0.15) is 4.98 Å². The van der Waals surface area contributed by atoms with Crippen molar-refractivity contribution >= 4 is 17.2 Å². The predicted molar refractivity (Wildman–Crippen MR) is 112 cm³/mol. The number of ether oxygens (including phenoxy) is 2. The SMILES string of the molecule is COCCOc1nc(-c2ccccc2)nc2c1CCN(C(=O)c1cccs1)CC2. The van der Waals surface area contributed by atoms with Crippen molar-refractivity contribution in [1.29, 1.82) is 0 Å². The molecule has 0 fully saturated rings. The van der Waals surface area contributed by atoms with Crippen molar-refractivity contribution in [2.45, 2.75) is 12.8 Å². The van der Waals surface area contributed by atoms with Crippen molar-refractivity contribution in [2.75, 3.05) is 33.4 Å². The first-order valence-electron chi connectivity index (χ1n) is 9.66. The third-order valence-electron chi connectivity index (χ3n) is 4.88. The number of carbonyl (C=O) groups excluding carboxylic acids is 1. The van der Waals surface area contributed by atoms with Crippen LogP contribution in [0.25, 0.3) is 11.4 Å². The molecule has 0 bridgehead atoms. The van der Waals surface area contributed by atoms with Crippen LogP contribution in [-0.4, -0.2) is 54.2 Å². The molecule has 0 saturated heterocycles. The molecule has 1 aromatic carbocycles. The second kappa shape index (κ2) is 9.15. The van der Waals surface area contributed by atoms with Crippen LogP contribution in [0.4, 0.5) is 0 Å². The summed E-state index contributed by atoms with van der Waals surface area (Å²) >= 11 is 1.47. The molecule has 29 heavy (non-hydrogen) atoms. The summed E-state index contributed by atoms with van der Waals surface area (Å²) in [7, 11) is 1.65. The molecule has 0 radical (unpaired) electrons. The van der Waals surface area contributed by atoms with E-state index in [0.717, 1.165) is 21.7 Å². The second-order valence-corrected chi connectivity index (χ2v) is 7.70. The van der Waals surface area contributed by atoms with E-state index >= 15 is 0 Å². The Labute approximate surface area is 174 Å². The molecule has 3 aromatic rings. The van der Waals surface area contributed by atoms with Gasteiger partial charge >= 0.3 is 0 Å². The van der Waals surface area contributed by atoms with E-state index in [1.165, 1.54) is 11.3 Å². The van der Waals surface area contributed by atoms with E-state index in [0.29, 0.717) is 50.8 Å². The van der Waals surface area contributed by atoms with Crippen LogP contribution in [0, 0.1) is 0 Å². The maximum absolute atomic E-state index is 12.8. The molecule has 1 aliphatic heterocycles. The minimum atomic E-state index is 0.0749. The highest BCUT2D eigenvalue weighted by Crippen LogP contribution is 2.28. The van der Waals surface area contributed by atoms with Gasteiger partial charge in [-0.3, -0.25) is 4.79 Å². The highest BCUT2D eigenvalue weighted by molar-refractivity contribution is 7.12. The molecule has 4 rings (SSSR count). The maximum atomic E-state index is 12.8. The fraction of sp³-hybridized carbons (Fsp3) is 0.318. The number of benzene rings is 1. The van der Waals surface area contributed by atoms with Crippen LogP contribution < -0.4 is 4.74 Å². The van der Waals surface area contributed by atoms with Crippen molar-refractivity contribution in [3.05, 3.63) is 64.0 Å². The number of methoxy groups -OCH3 is 1. The summed E-state index contributed by atoms with van der Waals surface area (Å²) in [6.45, 7) is 2.17. The van der Waals surface area contributed by atoms with Crippen LogP contribution >= 0.6 is 11.3 Å². The number of carbonyl (C=O) groups is 1. The van der Waals surface area contributed by atoms with Crippen LogP contribution in [0.5, 0.6) is 5.88 Å². The Morgan fingerprint density at radius 2 is 1.90 bits per heavy atom. The Kier molecular flexibility index (Phi) is 6.17. The van der Waals surface area contributed by atoms with Gasteiger partial charge in [0, 0.05) is 37.7 Å². The van der Waals surface area contributed by atoms with E-state index in [4.69, 9.17) is 19.4 Å². The lowest BCUT2D eigenvalue weighted by atomic mass is 10.1. The topological polar surface area (TPSA) is 64.6 Å². The Bertz CT molecular complexity index is 961. The molecule has 0 saturated carbocycles. The van der Waals surface area contributed by atoms with Crippen molar-refractivity contribution in [1.82, 2.24) is 14.9 Å². The minimum absolute atomic E-state index is 0.0749. The Balaban J connectivity index is 1.63. The molecule has 1 aliphatic rings. The molecular formula is C22H23N3O3S. The Hall–Kier alpha value is -2.77. The smallest absolute Gasteiger partial charge is 0.263 e. The average Bonchev–Trinajstić information content (AvgIpc) is 3.21. The minimum Gasteiger partial charge on any atom is -0.475 e. The number of fused-ring (bicyclic) bond motifs is 1. The molecule has 1 amide bonds. The summed E-state index contributed by atoms with van der Waals surface area (Å²) in [5.74, 6) is 1.32. The summed E-state index contributed by atoms with van der Waals surface area (Å²) in [4.78, 5) is 25.0. The van der Waals surface area contributed by atoms with Crippen LogP contribution in [0.1, 0.15) is 20.9 Å².